The van der Waals surface area contributed by atoms with E-state index in [0.717, 1.165) is 0 Å². The highest BCUT2D eigenvalue weighted by Crippen LogP contribution is 2.07. The second kappa shape index (κ2) is 17.4. The maximum Gasteiger partial charge on any atom is 0.326 e. The lowest BCUT2D eigenvalue weighted by atomic mass is 10.0. The van der Waals surface area contributed by atoms with Crippen LogP contribution in [0.25, 0.3) is 0 Å². The van der Waals surface area contributed by atoms with Crippen LogP contribution >= 0.6 is 11.8 Å². The summed E-state index contributed by atoms with van der Waals surface area (Å²) in [4.78, 5) is 64.7. The molecule has 11 N–H and O–H groups in total. The minimum absolute atomic E-state index is 0.0472. The number of carboxylic acids is 2. The molecule has 0 saturated heterocycles. The molecule has 0 fully saturated rings. The largest absolute Gasteiger partial charge is 0.481 e. The number of nitrogens with one attached hydrogen (secondary N) is 3. The third-order valence-corrected chi connectivity index (χ3v) is 5.70. The van der Waals surface area contributed by atoms with Gasteiger partial charge in [-0.3, -0.25) is 24.2 Å². The lowest BCUT2D eigenvalue weighted by Gasteiger charge is -2.26. The van der Waals surface area contributed by atoms with Crippen LogP contribution < -0.4 is 33.2 Å². The SMILES string of the molecule is CSCCC(N)C(=O)NC(CCC(=O)O)C(=O)NC(CCCN=C(N)N)C(=O)NC(C(=O)O)C(C)C. The first kappa shape index (κ1) is 32.9. The molecule has 0 aromatic heterocycles. The van der Waals surface area contributed by atoms with Gasteiger partial charge in [0.15, 0.2) is 5.96 Å². The molecule has 4 atom stereocenters. The Bertz CT molecular complexity index is 791. The number of thioether (sulfide) groups is 1. The molecule has 0 aliphatic heterocycles. The molecule has 0 radical (unpaired) electrons. The van der Waals surface area contributed by atoms with Gasteiger partial charge in [0.25, 0.3) is 0 Å². The predicted molar refractivity (Wildman–Crippen MR) is 136 cm³/mol. The van der Waals surface area contributed by atoms with E-state index in [1.807, 2.05) is 6.26 Å². The molecule has 0 aliphatic rings. The minimum Gasteiger partial charge on any atom is -0.481 e. The van der Waals surface area contributed by atoms with Crippen LogP contribution in [0.5, 0.6) is 0 Å². The van der Waals surface area contributed by atoms with Gasteiger partial charge in [0.05, 0.1) is 6.04 Å². The predicted octanol–water partition coefficient (Wildman–Crippen LogP) is -1.82. The molecule has 0 saturated carbocycles. The summed E-state index contributed by atoms with van der Waals surface area (Å²) in [5.74, 6) is -4.59. The van der Waals surface area contributed by atoms with Crippen molar-refractivity contribution in [2.45, 2.75) is 70.1 Å². The molecule has 15 heteroatoms. The average Bonchev–Trinajstić information content (AvgIpc) is 2.79. The number of hydrogen-bond donors (Lipinski definition) is 8. The van der Waals surface area contributed by atoms with E-state index in [4.69, 9.17) is 22.3 Å². The van der Waals surface area contributed by atoms with Gasteiger partial charge in [-0.05, 0) is 43.6 Å². The van der Waals surface area contributed by atoms with E-state index in [-0.39, 0.29) is 31.8 Å². The van der Waals surface area contributed by atoms with Gasteiger partial charge in [-0.1, -0.05) is 13.8 Å². The van der Waals surface area contributed by atoms with E-state index in [1.54, 1.807) is 13.8 Å². The fraction of sp³-hybridized carbons (Fsp3) is 0.714. The third kappa shape index (κ3) is 13.7. The standard InChI is InChI=1S/C21H39N7O7S/c1-11(2)16(20(34)35)28-19(33)13(5-4-9-25-21(23)24)27-18(32)14(6-7-15(29)30)26-17(31)12(22)8-10-36-3/h11-14,16H,4-10,22H2,1-3H3,(H,26,31)(H,27,32)(H,28,33)(H,29,30)(H,34,35)(H4,23,24,25). The number of rotatable bonds is 18. The lowest BCUT2D eigenvalue weighted by molar-refractivity contribution is -0.143. The summed E-state index contributed by atoms with van der Waals surface area (Å²) in [5.41, 5.74) is 16.4. The molecule has 206 valence electrons. The lowest BCUT2D eigenvalue weighted by Crippen LogP contribution is -2.57. The average molecular weight is 534 g/mol. The van der Waals surface area contributed by atoms with Crippen LogP contribution in [0, 0.1) is 5.92 Å². The van der Waals surface area contributed by atoms with E-state index < -0.39 is 66.2 Å². The maximum atomic E-state index is 13.0. The molecule has 0 heterocycles. The number of carbonyl (C=O) groups excluding carboxylic acids is 3. The monoisotopic (exact) mass is 533 g/mol. The molecule has 0 bridgehead atoms. The number of aliphatic imine (C=N–C) groups is 1. The number of hydrogen-bond acceptors (Lipinski definition) is 8. The van der Waals surface area contributed by atoms with Crippen molar-refractivity contribution in [2.24, 2.45) is 28.1 Å². The number of nitrogens with zero attached hydrogens (tertiary/aromatic N) is 1. The highest BCUT2D eigenvalue weighted by Gasteiger charge is 2.31. The van der Waals surface area contributed by atoms with Crippen LogP contribution in [0.1, 0.15) is 46.0 Å². The van der Waals surface area contributed by atoms with Crippen molar-refractivity contribution in [2.75, 3.05) is 18.6 Å². The highest BCUT2D eigenvalue weighted by molar-refractivity contribution is 7.98. The summed E-state index contributed by atoms with van der Waals surface area (Å²) < 4.78 is 0. The molecular weight excluding hydrogens is 494 g/mol. The molecule has 0 aromatic carbocycles. The molecule has 0 aromatic rings. The van der Waals surface area contributed by atoms with Crippen LogP contribution in [0.3, 0.4) is 0 Å². The molecule has 0 aliphatic carbocycles. The first-order chi connectivity index (χ1) is 16.8. The summed E-state index contributed by atoms with van der Waals surface area (Å²) in [7, 11) is 0. The molecule has 14 nitrogen and oxygen atoms in total. The zero-order chi connectivity index (χ0) is 27.8. The quantitative estimate of drug-likeness (QED) is 0.0553. The zero-order valence-electron chi connectivity index (χ0n) is 20.9. The van der Waals surface area contributed by atoms with Crippen molar-refractivity contribution in [1.82, 2.24) is 16.0 Å². The van der Waals surface area contributed by atoms with Crippen LogP contribution in [-0.4, -0.2) is 88.6 Å². The van der Waals surface area contributed by atoms with Crippen molar-refractivity contribution in [3.8, 4) is 0 Å². The van der Waals surface area contributed by atoms with Crippen LogP contribution in [0.4, 0.5) is 0 Å². The minimum atomic E-state index is -1.28. The van der Waals surface area contributed by atoms with E-state index in [1.165, 1.54) is 11.8 Å². The fourth-order valence-electron chi connectivity index (χ4n) is 3.00. The van der Waals surface area contributed by atoms with Gasteiger partial charge in [0.2, 0.25) is 17.7 Å². The summed E-state index contributed by atoms with van der Waals surface area (Å²) in [6.07, 6.45) is 1.84. The second-order valence-electron chi connectivity index (χ2n) is 8.46. The number of amides is 3. The molecule has 36 heavy (non-hydrogen) atoms. The number of carbonyl (C=O) groups is 5. The van der Waals surface area contributed by atoms with Crippen molar-refractivity contribution >= 4 is 47.4 Å². The third-order valence-electron chi connectivity index (χ3n) is 5.06. The Balaban J connectivity index is 5.64. The fourth-order valence-corrected chi connectivity index (χ4v) is 3.49. The summed E-state index contributed by atoms with van der Waals surface area (Å²) >= 11 is 1.49. The Hall–Kier alpha value is -3.07. The summed E-state index contributed by atoms with van der Waals surface area (Å²) in [5, 5.41) is 25.8. The number of aliphatic carboxylic acids is 2. The van der Waals surface area contributed by atoms with E-state index in [9.17, 15) is 29.1 Å². The Morgan fingerprint density at radius 2 is 1.44 bits per heavy atom. The molecule has 0 rings (SSSR count). The van der Waals surface area contributed by atoms with Gasteiger partial charge in [0, 0.05) is 13.0 Å². The van der Waals surface area contributed by atoms with Crippen molar-refractivity contribution in [1.29, 1.82) is 0 Å². The number of guanidine groups is 1. The molecule has 3 amide bonds. The van der Waals surface area contributed by atoms with Gasteiger partial charge < -0.3 is 43.4 Å². The first-order valence-electron chi connectivity index (χ1n) is 11.5. The van der Waals surface area contributed by atoms with E-state index in [2.05, 4.69) is 20.9 Å². The second-order valence-corrected chi connectivity index (χ2v) is 9.45. The van der Waals surface area contributed by atoms with Crippen LogP contribution in [-0.2, 0) is 24.0 Å². The molecule has 4 unspecified atom stereocenters. The van der Waals surface area contributed by atoms with Crippen LogP contribution in [0.15, 0.2) is 4.99 Å². The van der Waals surface area contributed by atoms with E-state index >= 15 is 0 Å². The summed E-state index contributed by atoms with van der Waals surface area (Å²) in [6.45, 7) is 3.38. The zero-order valence-corrected chi connectivity index (χ0v) is 21.7. The van der Waals surface area contributed by atoms with E-state index in [0.29, 0.717) is 12.2 Å². The van der Waals surface area contributed by atoms with Crippen LogP contribution in [0.2, 0.25) is 0 Å². The van der Waals surface area contributed by atoms with Gasteiger partial charge in [-0.2, -0.15) is 11.8 Å². The Kier molecular flexibility index (Phi) is 15.9. The molecular formula is C21H39N7O7S. The Morgan fingerprint density at radius 1 is 0.889 bits per heavy atom. The first-order valence-corrected chi connectivity index (χ1v) is 12.8. The van der Waals surface area contributed by atoms with Crippen molar-refractivity contribution in [3.05, 3.63) is 0 Å². The molecule has 0 spiro atoms. The highest BCUT2D eigenvalue weighted by atomic mass is 32.2. The van der Waals surface area contributed by atoms with Crippen molar-refractivity contribution in [3.63, 3.8) is 0 Å². The topological polar surface area (TPSA) is 252 Å². The Labute approximate surface area is 214 Å². The normalized spacial score (nSPS) is 14.1. The van der Waals surface area contributed by atoms with Gasteiger partial charge in [0.1, 0.15) is 18.1 Å². The van der Waals surface area contributed by atoms with Gasteiger partial charge in [-0.25, -0.2) is 4.79 Å². The number of nitrogens with two attached hydrogens (primary N) is 3. The smallest absolute Gasteiger partial charge is 0.326 e. The Morgan fingerprint density at radius 3 is 1.94 bits per heavy atom. The maximum absolute atomic E-state index is 13.0. The summed E-state index contributed by atoms with van der Waals surface area (Å²) in [6, 6.07) is -4.57. The number of carboxylic acid groups (broad SMARTS) is 2. The van der Waals surface area contributed by atoms with Gasteiger partial charge >= 0.3 is 11.9 Å². The van der Waals surface area contributed by atoms with Crippen molar-refractivity contribution < 1.29 is 34.2 Å². The van der Waals surface area contributed by atoms with Gasteiger partial charge in [-0.15, -0.1) is 0 Å².